The van der Waals surface area contributed by atoms with Crippen LogP contribution in [0, 0.1) is 0 Å². The molecule has 0 saturated carbocycles. The fourth-order valence-corrected chi connectivity index (χ4v) is 1.80. The molecule has 0 unspecified atom stereocenters. The zero-order valence-electron chi connectivity index (χ0n) is 12.1. The van der Waals surface area contributed by atoms with E-state index in [1.807, 2.05) is 32.6 Å². The average molecular weight is 262 g/mol. The second kappa shape index (κ2) is 6.36. The van der Waals surface area contributed by atoms with Crippen molar-refractivity contribution in [2.75, 3.05) is 18.0 Å². The molecule has 1 heterocycles. The number of likely N-dealkylation sites (N-methyl/N-ethyl adjacent to an activating group) is 1. The van der Waals surface area contributed by atoms with E-state index in [-0.39, 0.29) is 11.5 Å². The maximum absolute atomic E-state index is 11.2. The van der Waals surface area contributed by atoms with Gasteiger partial charge in [-0.2, -0.15) is 0 Å². The Kier molecular flexibility index (Phi) is 5.10. The highest BCUT2D eigenvalue weighted by Crippen LogP contribution is 2.21. The zero-order chi connectivity index (χ0) is 14.6. The van der Waals surface area contributed by atoms with Gasteiger partial charge in [0.2, 0.25) is 0 Å². The summed E-state index contributed by atoms with van der Waals surface area (Å²) in [7, 11) is 0. The van der Waals surface area contributed by atoms with Crippen LogP contribution in [-0.2, 0) is 0 Å². The van der Waals surface area contributed by atoms with Crippen LogP contribution in [-0.4, -0.2) is 29.1 Å². The summed E-state index contributed by atoms with van der Waals surface area (Å²) in [4.78, 5) is 17.8. The van der Waals surface area contributed by atoms with Crippen molar-refractivity contribution in [1.29, 1.82) is 0 Å². The second-order valence-corrected chi connectivity index (χ2v) is 5.07. The van der Waals surface area contributed by atoms with Gasteiger partial charge in [0.25, 0.3) is 0 Å². The van der Waals surface area contributed by atoms with Gasteiger partial charge in [-0.15, -0.1) is 0 Å². The molecule has 0 saturated heterocycles. The summed E-state index contributed by atoms with van der Waals surface area (Å²) in [5, 5.41) is 9.19. The van der Waals surface area contributed by atoms with E-state index in [9.17, 15) is 9.90 Å². The van der Waals surface area contributed by atoms with Crippen LogP contribution >= 0.6 is 0 Å². The van der Waals surface area contributed by atoms with Gasteiger partial charge in [-0.05, 0) is 31.9 Å². The number of rotatable bonds is 6. The largest absolute Gasteiger partial charge is 0.478 e. The quantitative estimate of drug-likeness (QED) is 0.799. The number of carboxylic acid groups (broad SMARTS) is 1. The van der Waals surface area contributed by atoms with Gasteiger partial charge in [0, 0.05) is 18.8 Å². The summed E-state index contributed by atoms with van der Waals surface area (Å²) in [6, 6.07) is 3.27. The fraction of sp³-hybridized carbons (Fsp3) is 0.467. The summed E-state index contributed by atoms with van der Waals surface area (Å²) in [6.07, 6.45) is 0. The summed E-state index contributed by atoms with van der Waals surface area (Å²) >= 11 is 0. The third-order valence-corrected chi connectivity index (χ3v) is 2.84. The van der Waals surface area contributed by atoms with Crippen LogP contribution in [0.2, 0.25) is 0 Å². The standard InChI is InChI=1S/C15H22N2O2/c1-6-17(9-10(2)3)14-8-12(15(18)19)7-13(16-14)11(4)5/h7-8,11H,2,6,9H2,1,3-5H3,(H,18,19). The highest BCUT2D eigenvalue weighted by atomic mass is 16.4. The molecule has 1 aromatic rings. The lowest BCUT2D eigenvalue weighted by Gasteiger charge is -2.23. The fourth-order valence-electron chi connectivity index (χ4n) is 1.80. The summed E-state index contributed by atoms with van der Waals surface area (Å²) in [5.74, 6) is -0.0207. The first-order valence-corrected chi connectivity index (χ1v) is 6.49. The van der Waals surface area contributed by atoms with Crippen molar-refractivity contribution in [2.24, 2.45) is 0 Å². The molecule has 0 amide bonds. The SMILES string of the molecule is C=C(C)CN(CC)c1cc(C(=O)O)cc(C(C)C)n1. The Hall–Kier alpha value is -1.84. The average Bonchev–Trinajstić information content (AvgIpc) is 2.34. The Morgan fingerprint density at radius 1 is 1.47 bits per heavy atom. The van der Waals surface area contributed by atoms with Crippen molar-refractivity contribution in [1.82, 2.24) is 4.98 Å². The van der Waals surface area contributed by atoms with E-state index in [2.05, 4.69) is 11.6 Å². The molecule has 4 heteroatoms. The Labute approximate surface area is 114 Å². The van der Waals surface area contributed by atoms with Gasteiger partial charge in [0.1, 0.15) is 5.82 Å². The number of pyridine rings is 1. The molecule has 1 aromatic heterocycles. The normalized spacial score (nSPS) is 10.6. The molecule has 0 aromatic carbocycles. The van der Waals surface area contributed by atoms with Gasteiger partial charge < -0.3 is 10.0 Å². The molecule has 0 aliphatic heterocycles. The minimum atomic E-state index is -0.920. The summed E-state index contributed by atoms with van der Waals surface area (Å²) in [6.45, 7) is 13.3. The van der Waals surface area contributed by atoms with Crippen molar-refractivity contribution in [3.05, 3.63) is 35.5 Å². The van der Waals surface area contributed by atoms with Gasteiger partial charge >= 0.3 is 5.97 Å². The number of aromatic nitrogens is 1. The number of carboxylic acids is 1. The first kappa shape index (κ1) is 15.2. The molecule has 1 rings (SSSR count). The molecule has 1 N–H and O–H groups in total. The molecular weight excluding hydrogens is 240 g/mol. The second-order valence-electron chi connectivity index (χ2n) is 5.07. The van der Waals surface area contributed by atoms with E-state index in [0.717, 1.165) is 17.8 Å². The molecule has 104 valence electrons. The summed E-state index contributed by atoms with van der Waals surface area (Å²) < 4.78 is 0. The topological polar surface area (TPSA) is 53.4 Å². The maximum Gasteiger partial charge on any atom is 0.335 e. The van der Waals surface area contributed by atoms with Crippen LogP contribution in [0.25, 0.3) is 0 Å². The van der Waals surface area contributed by atoms with Crippen molar-refractivity contribution in [2.45, 2.75) is 33.6 Å². The third kappa shape index (κ3) is 4.09. The molecule has 0 aliphatic rings. The van der Waals surface area contributed by atoms with Gasteiger partial charge in [-0.1, -0.05) is 26.0 Å². The summed E-state index contributed by atoms with van der Waals surface area (Å²) in [5.41, 5.74) is 2.11. The Bertz CT molecular complexity index is 481. The van der Waals surface area contributed by atoms with E-state index in [4.69, 9.17) is 0 Å². The van der Waals surface area contributed by atoms with Crippen molar-refractivity contribution >= 4 is 11.8 Å². The minimum absolute atomic E-state index is 0.196. The maximum atomic E-state index is 11.2. The van der Waals surface area contributed by atoms with E-state index in [1.165, 1.54) is 0 Å². The van der Waals surface area contributed by atoms with Crippen molar-refractivity contribution < 1.29 is 9.90 Å². The molecule has 19 heavy (non-hydrogen) atoms. The highest BCUT2D eigenvalue weighted by Gasteiger charge is 2.14. The lowest BCUT2D eigenvalue weighted by atomic mass is 10.1. The molecule has 0 atom stereocenters. The van der Waals surface area contributed by atoms with Crippen LogP contribution in [0.3, 0.4) is 0 Å². The Morgan fingerprint density at radius 2 is 2.11 bits per heavy atom. The van der Waals surface area contributed by atoms with Gasteiger partial charge in [-0.25, -0.2) is 9.78 Å². The molecule has 0 radical (unpaired) electrons. The highest BCUT2D eigenvalue weighted by molar-refractivity contribution is 5.88. The minimum Gasteiger partial charge on any atom is -0.478 e. The number of anilines is 1. The predicted molar refractivity (Wildman–Crippen MR) is 78.0 cm³/mol. The molecular formula is C15H22N2O2. The third-order valence-electron chi connectivity index (χ3n) is 2.84. The van der Waals surface area contributed by atoms with E-state index in [0.29, 0.717) is 12.4 Å². The molecule has 0 spiro atoms. The van der Waals surface area contributed by atoms with Crippen molar-refractivity contribution in [3.8, 4) is 0 Å². The number of aromatic carboxylic acids is 1. The van der Waals surface area contributed by atoms with Gasteiger partial charge in [0.15, 0.2) is 0 Å². The smallest absolute Gasteiger partial charge is 0.335 e. The number of hydrogen-bond acceptors (Lipinski definition) is 3. The van der Waals surface area contributed by atoms with Crippen LogP contribution < -0.4 is 4.90 Å². The van der Waals surface area contributed by atoms with Gasteiger partial charge in [0.05, 0.1) is 5.56 Å². The zero-order valence-corrected chi connectivity index (χ0v) is 12.1. The van der Waals surface area contributed by atoms with E-state index >= 15 is 0 Å². The molecule has 0 aliphatic carbocycles. The Morgan fingerprint density at radius 3 is 2.53 bits per heavy atom. The monoisotopic (exact) mass is 262 g/mol. The van der Waals surface area contributed by atoms with E-state index in [1.54, 1.807) is 12.1 Å². The molecule has 0 fully saturated rings. The number of carbonyl (C=O) groups is 1. The van der Waals surface area contributed by atoms with Crippen LogP contribution in [0.5, 0.6) is 0 Å². The first-order chi connectivity index (χ1) is 8.85. The predicted octanol–water partition coefficient (Wildman–Crippen LogP) is 3.31. The van der Waals surface area contributed by atoms with Crippen molar-refractivity contribution in [3.63, 3.8) is 0 Å². The number of nitrogens with zero attached hydrogens (tertiary/aromatic N) is 2. The first-order valence-electron chi connectivity index (χ1n) is 6.49. The Balaban J connectivity index is 3.24. The molecule has 0 bridgehead atoms. The van der Waals surface area contributed by atoms with Crippen LogP contribution in [0.15, 0.2) is 24.3 Å². The number of hydrogen-bond donors (Lipinski definition) is 1. The van der Waals surface area contributed by atoms with Gasteiger partial charge in [-0.3, -0.25) is 0 Å². The molecule has 4 nitrogen and oxygen atoms in total. The lowest BCUT2D eigenvalue weighted by Crippen LogP contribution is -2.26. The van der Waals surface area contributed by atoms with E-state index < -0.39 is 5.97 Å². The lowest BCUT2D eigenvalue weighted by molar-refractivity contribution is 0.0696. The van der Waals surface area contributed by atoms with Crippen LogP contribution in [0.1, 0.15) is 49.7 Å². The van der Waals surface area contributed by atoms with Crippen LogP contribution in [0.4, 0.5) is 5.82 Å².